The van der Waals surface area contributed by atoms with E-state index in [1.54, 1.807) is 11.3 Å². The average Bonchev–Trinajstić information content (AvgIpc) is 2.85. The molecule has 3 rings (SSSR count). The summed E-state index contributed by atoms with van der Waals surface area (Å²) in [6.45, 7) is 1.02. The molecule has 0 aliphatic heterocycles. The van der Waals surface area contributed by atoms with Gasteiger partial charge in [0.2, 0.25) is 0 Å². The number of imidazole rings is 1. The van der Waals surface area contributed by atoms with Gasteiger partial charge in [0.25, 0.3) is 0 Å². The van der Waals surface area contributed by atoms with Crippen molar-refractivity contribution in [2.24, 2.45) is 0 Å². The molecular formula is C12H14BrN3S. The van der Waals surface area contributed by atoms with Gasteiger partial charge in [-0.15, -0.1) is 11.3 Å². The maximum atomic E-state index is 4.41. The molecule has 0 radical (unpaired) electrons. The molecule has 2 N–H and O–H groups in total. The molecule has 3 nitrogen and oxygen atoms in total. The lowest BCUT2D eigenvalue weighted by Crippen LogP contribution is -2.19. The van der Waals surface area contributed by atoms with Crippen LogP contribution in [0.15, 0.2) is 22.1 Å². The van der Waals surface area contributed by atoms with Crippen molar-refractivity contribution in [3.63, 3.8) is 0 Å². The van der Waals surface area contributed by atoms with Crippen molar-refractivity contribution in [3.8, 4) is 10.6 Å². The highest BCUT2D eigenvalue weighted by Crippen LogP contribution is 2.30. The van der Waals surface area contributed by atoms with E-state index in [0.29, 0.717) is 0 Å². The predicted octanol–water partition coefficient (Wildman–Crippen LogP) is 3.20. The molecule has 1 saturated carbocycles. The largest absolute Gasteiger partial charge is 0.341 e. The molecule has 0 amide bonds. The van der Waals surface area contributed by atoms with Crippen LogP contribution in [0.25, 0.3) is 10.6 Å². The number of rotatable bonds is 5. The van der Waals surface area contributed by atoms with Gasteiger partial charge in [0.1, 0.15) is 5.82 Å². The van der Waals surface area contributed by atoms with E-state index in [4.69, 9.17) is 0 Å². The number of aromatic nitrogens is 2. The number of hydrogen-bond donors (Lipinski definition) is 2. The summed E-state index contributed by atoms with van der Waals surface area (Å²) in [5.41, 5.74) is 1.11. The molecule has 0 unspecified atom stereocenters. The third-order valence-electron chi connectivity index (χ3n) is 2.84. The second-order valence-electron chi connectivity index (χ2n) is 4.33. The Kier molecular flexibility index (Phi) is 3.31. The van der Waals surface area contributed by atoms with E-state index in [-0.39, 0.29) is 0 Å². The van der Waals surface area contributed by atoms with Gasteiger partial charge in [-0.2, -0.15) is 0 Å². The van der Waals surface area contributed by atoms with Crippen LogP contribution in [0.2, 0.25) is 0 Å². The van der Waals surface area contributed by atoms with Crippen molar-refractivity contribution in [2.75, 3.05) is 6.54 Å². The molecule has 0 bridgehead atoms. The highest BCUT2D eigenvalue weighted by molar-refractivity contribution is 9.11. The third kappa shape index (κ3) is 2.97. The van der Waals surface area contributed by atoms with Crippen LogP contribution in [0.4, 0.5) is 0 Å². The number of aromatic amines is 1. The molecule has 1 aliphatic carbocycles. The van der Waals surface area contributed by atoms with Crippen LogP contribution in [0.3, 0.4) is 0 Å². The Hall–Kier alpha value is -0.650. The smallest absolute Gasteiger partial charge is 0.107 e. The molecule has 5 heteroatoms. The highest BCUT2D eigenvalue weighted by atomic mass is 79.9. The summed E-state index contributed by atoms with van der Waals surface area (Å²) in [6.07, 6.45) is 5.58. The van der Waals surface area contributed by atoms with Gasteiger partial charge >= 0.3 is 0 Å². The molecule has 2 aromatic heterocycles. The van der Waals surface area contributed by atoms with Crippen molar-refractivity contribution in [3.05, 3.63) is 27.9 Å². The first-order valence-electron chi connectivity index (χ1n) is 5.84. The summed E-state index contributed by atoms with van der Waals surface area (Å²) in [5, 5.41) is 3.49. The van der Waals surface area contributed by atoms with Crippen LogP contribution < -0.4 is 5.32 Å². The Bertz CT molecular complexity index is 501. The van der Waals surface area contributed by atoms with Gasteiger partial charge in [0, 0.05) is 19.0 Å². The second kappa shape index (κ2) is 4.92. The van der Waals surface area contributed by atoms with Crippen LogP contribution in [0.1, 0.15) is 18.7 Å². The number of thiophene rings is 1. The molecule has 2 heterocycles. The number of halogens is 1. The van der Waals surface area contributed by atoms with E-state index < -0.39 is 0 Å². The van der Waals surface area contributed by atoms with E-state index in [2.05, 4.69) is 43.3 Å². The van der Waals surface area contributed by atoms with Gasteiger partial charge in [-0.1, -0.05) is 0 Å². The Labute approximate surface area is 113 Å². The van der Waals surface area contributed by atoms with E-state index in [9.17, 15) is 0 Å². The van der Waals surface area contributed by atoms with Crippen molar-refractivity contribution in [2.45, 2.75) is 25.3 Å². The van der Waals surface area contributed by atoms with Crippen LogP contribution in [0, 0.1) is 0 Å². The molecule has 1 fully saturated rings. The molecule has 0 aromatic carbocycles. The SMILES string of the molecule is Brc1ccc(-c2cnc(CCNC3CC3)[nH]2)s1. The molecule has 90 valence electrons. The monoisotopic (exact) mass is 311 g/mol. The van der Waals surface area contributed by atoms with Crippen LogP contribution in [-0.2, 0) is 6.42 Å². The molecule has 1 aliphatic rings. The van der Waals surface area contributed by atoms with Gasteiger partial charge in [-0.05, 0) is 40.9 Å². The first-order valence-corrected chi connectivity index (χ1v) is 7.45. The number of H-pyrrole nitrogens is 1. The topological polar surface area (TPSA) is 40.7 Å². The zero-order chi connectivity index (χ0) is 11.7. The summed E-state index contributed by atoms with van der Waals surface area (Å²) in [6, 6.07) is 4.95. The third-order valence-corrected chi connectivity index (χ3v) is 4.50. The average molecular weight is 312 g/mol. The molecule has 17 heavy (non-hydrogen) atoms. The van der Waals surface area contributed by atoms with Crippen LogP contribution in [-0.4, -0.2) is 22.6 Å². The van der Waals surface area contributed by atoms with Gasteiger partial charge in [-0.25, -0.2) is 4.98 Å². The highest BCUT2D eigenvalue weighted by Gasteiger charge is 2.19. The zero-order valence-corrected chi connectivity index (χ0v) is 11.8. The van der Waals surface area contributed by atoms with E-state index in [1.807, 2.05) is 6.20 Å². The number of nitrogens with one attached hydrogen (secondary N) is 2. The van der Waals surface area contributed by atoms with Gasteiger partial charge in [0.15, 0.2) is 0 Å². The van der Waals surface area contributed by atoms with E-state index in [1.165, 1.54) is 17.7 Å². The Balaban J connectivity index is 1.61. The second-order valence-corrected chi connectivity index (χ2v) is 6.79. The quantitative estimate of drug-likeness (QED) is 0.890. The standard InChI is InChI=1S/C12H14BrN3S/c13-11-4-3-10(17-11)9-7-15-12(16-9)5-6-14-8-1-2-8/h3-4,7-8,14H,1-2,5-6H2,(H,15,16). The lowest BCUT2D eigenvalue weighted by Gasteiger charge is -1.99. The maximum absolute atomic E-state index is 4.41. The van der Waals surface area contributed by atoms with Crippen molar-refractivity contribution >= 4 is 27.3 Å². The predicted molar refractivity (Wildman–Crippen MR) is 74.3 cm³/mol. The Morgan fingerprint density at radius 3 is 3.06 bits per heavy atom. The van der Waals surface area contributed by atoms with Gasteiger partial charge in [-0.3, -0.25) is 0 Å². The molecule has 2 aromatic rings. The molecule has 0 saturated heterocycles. The maximum Gasteiger partial charge on any atom is 0.107 e. The fraction of sp³-hybridized carbons (Fsp3) is 0.417. The van der Waals surface area contributed by atoms with Crippen molar-refractivity contribution in [1.82, 2.24) is 15.3 Å². The lowest BCUT2D eigenvalue weighted by molar-refractivity contribution is 0.669. The van der Waals surface area contributed by atoms with Gasteiger partial charge < -0.3 is 10.3 Å². The summed E-state index contributed by atoms with van der Waals surface area (Å²) >= 11 is 5.20. The summed E-state index contributed by atoms with van der Waals surface area (Å²) < 4.78 is 1.15. The minimum absolute atomic E-state index is 0.776. The van der Waals surface area contributed by atoms with E-state index in [0.717, 1.165) is 34.3 Å². The van der Waals surface area contributed by atoms with Crippen molar-refractivity contribution < 1.29 is 0 Å². The minimum Gasteiger partial charge on any atom is -0.341 e. The fourth-order valence-corrected chi connectivity index (χ4v) is 3.11. The van der Waals surface area contributed by atoms with E-state index >= 15 is 0 Å². The summed E-state index contributed by atoms with van der Waals surface area (Å²) in [7, 11) is 0. The lowest BCUT2D eigenvalue weighted by atomic mass is 10.4. The summed E-state index contributed by atoms with van der Waals surface area (Å²) in [4.78, 5) is 9.02. The van der Waals surface area contributed by atoms with Crippen molar-refractivity contribution in [1.29, 1.82) is 0 Å². The molecule has 0 atom stereocenters. The zero-order valence-electron chi connectivity index (χ0n) is 9.37. The summed E-state index contributed by atoms with van der Waals surface area (Å²) in [5.74, 6) is 1.07. The Morgan fingerprint density at radius 2 is 2.35 bits per heavy atom. The Morgan fingerprint density at radius 1 is 1.47 bits per heavy atom. The minimum atomic E-state index is 0.776. The first kappa shape index (κ1) is 11.4. The molecule has 0 spiro atoms. The van der Waals surface area contributed by atoms with Gasteiger partial charge in [0.05, 0.1) is 20.6 Å². The fourth-order valence-electron chi connectivity index (χ4n) is 1.76. The normalized spacial score (nSPS) is 15.4. The number of hydrogen-bond acceptors (Lipinski definition) is 3. The van der Waals surface area contributed by atoms with Crippen LogP contribution in [0.5, 0.6) is 0 Å². The number of nitrogens with zero attached hydrogens (tertiary/aromatic N) is 1. The van der Waals surface area contributed by atoms with Crippen LogP contribution >= 0.6 is 27.3 Å². The molecular weight excluding hydrogens is 298 g/mol. The first-order chi connectivity index (χ1) is 8.31.